The summed E-state index contributed by atoms with van der Waals surface area (Å²) in [5.41, 5.74) is 1.66. The maximum atomic E-state index is 13.0. The number of para-hydroxylation sites is 1. The minimum absolute atomic E-state index is 0.0745. The highest BCUT2D eigenvalue weighted by molar-refractivity contribution is 7.17. The molecule has 2 aliphatic rings. The highest BCUT2D eigenvalue weighted by Crippen LogP contribution is 2.38. The molecule has 0 bridgehead atoms. The molecule has 0 spiro atoms. The molecule has 6 nitrogen and oxygen atoms in total. The lowest BCUT2D eigenvalue weighted by Gasteiger charge is -2.15. The average molecular weight is 449 g/mol. The molecule has 4 rings (SSSR count). The van der Waals surface area contributed by atoms with Gasteiger partial charge in [-0.3, -0.25) is 9.59 Å². The van der Waals surface area contributed by atoms with Crippen LogP contribution in [0.4, 0.5) is 5.00 Å². The zero-order valence-corrected chi connectivity index (χ0v) is 18.2. The Hall–Kier alpha value is -2.09. The Bertz CT molecular complexity index is 924. The van der Waals surface area contributed by atoms with Gasteiger partial charge in [0.25, 0.3) is 11.8 Å². The van der Waals surface area contributed by atoms with Crippen molar-refractivity contribution >= 4 is 39.8 Å². The normalized spacial score (nSPS) is 18.0. The standard InChI is InChI=1S/C22H25ClN2O4S/c23-16-8-2-3-9-17(16)29-13-19(26)25-22-20(15-7-1-4-10-18(15)30-22)21(27)24-12-14-6-5-11-28-14/h2-3,8-9,14H,1,4-7,10-13H2,(H,24,27)(H,25,26). The van der Waals surface area contributed by atoms with Crippen LogP contribution in [0.3, 0.4) is 0 Å². The summed E-state index contributed by atoms with van der Waals surface area (Å²) in [5.74, 6) is -0.0109. The van der Waals surface area contributed by atoms with Crippen molar-refractivity contribution in [3.63, 3.8) is 0 Å². The minimum atomic E-state index is -0.318. The van der Waals surface area contributed by atoms with E-state index < -0.39 is 0 Å². The number of aryl methyl sites for hydroxylation is 1. The second kappa shape index (κ2) is 9.81. The summed E-state index contributed by atoms with van der Waals surface area (Å²) in [4.78, 5) is 26.7. The molecule has 1 atom stereocenters. The van der Waals surface area contributed by atoms with Crippen LogP contribution in [0.5, 0.6) is 5.75 Å². The first-order valence-corrected chi connectivity index (χ1v) is 11.5. The summed E-state index contributed by atoms with van der Waals surface area (Å²) < 4.78 is 11.1. The third kappa shape index (κ3) is 4.96. The van der Waals surface area contributed by atoms with E-state index in [4.69, 9.17) is 21.1 Å². The van der Waals surface area contributed by atoms with E-state index in [2.05, 4.69) is 10.6 Å². The molecule has 2 amide bonds. The average Bonchev–Trinajstić information content (AvgIpc) is 3.39. The molecule has 2 aromatic rings. The number of thiophene rings is 1. The molecule has 0 radical (unpaired) electrons. The summed E-state index contributed by atoms with van der Waals surface area (Å²) in [6.07, 6.45) is 6.03. The lowest BCUT2D eigenvalue weighted by Crippen LogP contribution is -2.33. The number of halogens is 1. The van der Waals surface area contributed by atoms with E-state index in [-0.39, 0.29) is 24.5 Å². The van der Waals surface area contributed by atoms with Crippen LogP contribution in [0.1, 0.15) is 46.5 Å². The minimum Gasteiger partial charge on any atom is -0.482 e. The van der Waals surface area contributed by atoms with Crippen molar-refractivity contribution in [3.05, 3.63) is 45.3 Å². The monoisotopic (exact) mass is 448 g/mol. The summed E-state index contributed by atoms with van der Waals surface area (Å²) in [6, 6.07) is 7.01. The fraction of sp³-hybridized carbons (Fsp3) is 0.455. The van der Waals surface area contributed by atoms with Crippen molar-refractivity contribution < 1.29 is 19.1 Å². The summed E-state index contributed by atoms with van der Waals surface area (Å²) in [7, 11) is 0. The van der Waals surface area contributed by atoms with Gasteiger partial charge in [0, 0.05) is 18.0 Å². The van der Waals surface area contributed by atoms with Gasteiger partial charge in [-0.25, -0.2) is 0 Å². The molecule has 1 aromatic heterocycles. The second-order valence-corrected chi connectivity index (χ2v) is 9.04. The quantitative estimate of drug-likeness (QED) is 0.665. The van der Waals surface area contributed by atoms with Gasteiger partial charge in [0.1, 0.15) is 10.8 Å². The molecule has 1 unspecified atom stereocenters. The van der Waals surface area contributed by atoms with Crippen molar-refractivity contribution in [1.82, 2.24) is 5.32 Å². The fourth-order valence-corrected chi connectivity index (χ4v) is 5.36. The van der Waals surface area contributed by atoms with Gasteiger partial charge in [-0.15, -0.1) is 11.3 Å². The summed E-state index contributed by atoms with van der Waals surface area (Å²) in [6.45, 7) is 1.07. The Balaban J connectivity index is 1.45. The molecule has 1 saturated heterocycles. The van der Waals surface area contributed by atoms with Crippen molar-refractivity contribution in [1.29, 1.82) is 0 Å². The molecule has 1 aliphatic heterocycles. The van der Waals surface area contributed by atoms with Gasteiger partial charge in [-0.1, -0.05) is 23.7 Å². The molecule has 1 aromatic carbocycles. The fourth-order valence-electron chi connectivity index (χ4n) is 3.86. The van der Waals surface area contributed by atoms with E-state index in [9.17, 15) is 9.59 Å². The van der Waals surface area contributed by atoms with E-state index in [1.807, 2.05) is 0 Å². The number of hydrogen-bond donors (Lipinski definition) is 2. The van der Waals surface area contributed by atoms with Crippen LogP contribution in [-0.4, -0.2) is 37.7 Å². The van der Waals surface area contributed by atoms with Crippen LogP contribution < -0.4 is 15.4 Å². The SMILES string of the molecule is O=C(COc1ccccc1Cl)Nc1sc2c(c1C(=O)NCC1CCCO1)CCCC2. The molecule has 30 heavy (non-hydrogen) atoms. The zero-order chi connectivity index (χ0) is 20.9. The molecular weight excluding hydrogens is 424 g/mol. The number of ether oxygens (including phenoxy) is 2. The van der Waals surface area contributed by atoms with Gasteiger partial charge in [-0.2, -0.15) is 0 Å². The number of carbonyl (C=O) groups is 2. The lowest BCUT2D eigenvalue weighted by molar-refractivity contribution is -0.118. The van der Waals surface area contributed by atoms with Gasteiger partial charge >= 0.3 is 0 Å². The molecule has 160 valence electrons. The van der Waals surface area contributed by atoms with Gasteiger partial charge in [0.05, 0.1) is 16.7 Å². The molecule has 2 heterocycles. The number of carbonyl (C=O) groups excluding carboxylic acids is 2. The van der Waals surface area contributed by atoms with Crippen LogP contribution in [0.25, 0.3) is 0 Å². The van der Waals surface area contributed by atoms with E-state index >= 15 is 0 Å². The van der Waals surface area contributed by atoms with Crippen molar-refractivity contribution in [2.75, 3.05) is 25.1 Å². The number of benzene rings is 1. The van der Waals surface area contributed by atoms with E-state index in [1.165, 1.54) is 16.2 Å². The number of anilines is 1. The van der Waals surface area contributed by atoms with Crippen molar-refractivity contribution in [2.45, 2.75) is 44.6 Å². The van der Waals surface area contributed by atoms with Gasteiger partial charge < -0.3 is 20.1 Å². The first-order chi connectivity index (χ1) is 14.6. The Kier molecular flexibility index (Phi) is 6.92. The van der Waals surface area contributed by atoms with Crippen LogP contribution in [0.2, 0.25) is 5.02 Å². The smallest absolute Gasteiger partial charge is 0.262 e. The number of hydrogen-bond acceptors (Lipinski definition) is 5. The number of amides is 2. The largest absolute Gasteiger partial charge is 0.482 e. The lowest BCUT2D eigenvalue weighted by atomic mass is 9.95. The maximum Gasteiger partial charge on any atom is 0.262 e. The predicted octanol–water partition coefficient (Wildman–Crippen LogP) is 4.21. The summed E-state index contributed by atoms with van der Waals surface area (Å²) >= 11 is 7.57. The second-order valence-electron chi connectivity index (χ2n) is 7.53. The van der Waals surface area contributed by atoms with Crippen LogP contribution in [-0.2, 0) is 22.4 Å². The Morgan fingerprint density at radius 2 is 2.03 bits per heavy atom. The third-order valence-corrected chi connectivity index (χ3v) is 6.88. The molecule has 0 saturated carbocycles. The zero-order valence-electron chi connectivity index (χ0n) is 16.7. The molecule has 1 aliphatic carbocycles. The third-order valence-electron chi connectivity index (χ3n) is 5.36. The topological polar surface area (TPSA) is 76.7 Å². The summed E-state index contributed by atoms with van der Waals surface area (Å²) in [5, 5.41) is 6.93. The molecule has 1 fully saturated rings. The predicted molar refractivity (Wildman–Crippen MR) is 118 cm³/mol. The first kappa shape index (κ1) is 21.2. The Labute approximate surface area is 184 Å². The first-order valence-electron chi connectivity index (χ1n) is 10.3. The number of nitrogens with one attached hydrogen (secondary N) is 2. The number of fused-ring (bicyclic) bond motifs is 1. The maximum absolute atomic E-state index is 13.0. The Morgan fingerprint density at radius 3 is 2.83 bits per heavy atom. The van der Waals surface area contributed by atoms with Crippen LogP contribution >= 0.6 is 22.9 Å². The van der Waals surface area contributed by atoms with E-state index in [0.717, 1.165) is 50.7 Å². The van der Waals surface area contributed by atoms with Crippen LogP contribution in [0.15, 0.2) is 24.3 Å². The molecular formula is C22H25ClN2O4S. The highest BCUT2D eigenvalue weighted by Gasteiger charge is 2.27. The molecule has 2 N–H and O–H groups in total. The van der Waals surface area contributed by atoms with Gasteiger partial charge in [0.15, 0.2) is 6.61 Å². The van der Waals surface area contributed by atoms with E-state index in [0.29, 0.717) is 27.9 Å². The van der Waals surface area contributed by atoms with Gasteiger partial charge in [0.2, 0.25) is 0 Å². The number of rotatable bonds is 7. The van der Waals surface area contributed by atoms with Crippen molar-refractivity contribution in [3.8, 4) is 5.75 Å². The van der Waals surface area contributed by atoms with E-state index in [1.54, 1.807) is 24.3 Å². The van der Waals surface area contributed by atoms with Crippen LogP contribution in [0, 0.1) is 0 Å². The van der Waals surface area contributed by atoms with Gasteiger partial charge in [-0.05, 0) is 56.2 Å². The Morgan fingerprint density at radius 1 is 1.20 bits per heavy atom. The molecule has 8 heteroatoms. The van der Waals surface area contributed by atoms with Crippen molar-refractivity contribution in [2.24, 2.45) is 0 Å². The highest BCUT2D eigenvalue weighted by atomic mass is 35.5.